The van der Waals surface area contributed by atoms with Crippen LogP contribution in [0.5, 0.6) is 17.2 Å². The van der Waals surface area contributed by atoms with Gasteiger partial charge in [0.15, 0.2) is 11.5 Å². The SMILES string of the molecule is COc1ccnc(COc2ccccc2C#N)c1OC. The van der Waals surface area contributed by atoms with E-state index >= 15 is 0 Å². The lowest BCUT2D eigenvalue weighted by Gasteiger charge is -2.12. The lowest BCUT2D eigenvalue weighted by atomic mass is 10.2. The molecule has 0 saturated carbocycles. The number of nitrogens with zero attached hydrogens (tertiary/aromatic N) is 2. The Balaban J connectivity index is 2.21. The van der Waals surface area contributed by atoms with Crippen molar-refractivity contribution in [2.45, 2.75) is 6.61 Å². The molecule has 0 saturated heterocycles. The van der Waals surface area contributed by atoms with E-state index < -0.39 is 0 Å². The molecule has 0 unspecified atom stereocenters. The van der Waals surface area contributed by atoms with E-state index in [1.54, 1.807) is 44.7 Å². The smallest absolute Gasteiger partial charge is 0.185 e. The number of rotatable bonds is 5. The fraction of sp³-hybridized carbons (Fsp3) is 0.200. The number of ether oxygens (including phenoxy) is 3. The number of aromatic nitrogens is 1. The molecule has 1 aromatic carbocycles. The molecule has 0 N–H and O–H groups in total. The highest BCUT2D eigenvalue weighted by molar-refractivity contribution is 5.44. The monoisotopic (exact) mass is 270 g/mol. The Hall–Kier alpha value is -2.74. The van der Waals surface area contributed by atoms with Crippen molar-refractivity contribution in [3.63, 3.8) is 0 Å². The fourth-order valence-corrected chi connectivity index (χ4v) is 1.78. The summed E-state index contributed by atoms with van der Waals surface area (Å²) in [5.41, 5.74) is 1.09. The Kier molecular flexibility index (Phi) is 4.40. The summed E-state index contributed by atoms with van der Waals surface area (Å²) in [7, 11) is 3.11. The van der Waals surface area contributed by atoms with E-state index in [2.05, 4.69) is 11.1 Å². The first-order chi connectivity index (χ1) is 9.80. The molecule has 1 heterocycles. The summed E-state index contributed by atoms with van der Waals surface area (Å²) in [5, 5.41) is 9.01. The highest BCUT2D eigenvalue weighted by Gasteiger charge is 2.12. The minimum atomic E-state index is 0.194. The number of hydrogen-bond acceptors (Lipinski definition) is 5. The Morgan fingerprint density at radius 3 is 2.60 bits per heavy atom. The molecule has 5 nitrogen and oxygen atoms in total. The van der Waals surface area contributed by atoms with Crippen LogP contribution in [0.15, 0.2) is 36.5 Å². The van der Waals surface area contributed by atoms with Gasteiger partial charge in [-0.1, -0.05) is 12.1 Å². The maximum atomic E-state index is 9.01. The first-order valence-corrected chi connectivity index (χ1v) is 5.98. The normalized spacial score (nSPS) is 9.65. The number of methoxy groups -OCH3 is 2. The van der Waals surface area contributed by atoms with Gasteiger partial charge < -0.3 is 14.2 Å². The van der Waals surface area contributed by atoms with Gasteiger partial charge in [0.2, 0.25) is 0 Å². The van der Waals surface area contributed by atoms with Crippen molar-refractivity contribution < 1.29 is 14.2 Å². The zero-order valence-electron chi connectivity index (χ0n) is 11.3. The maximum Gasteiger partial charge on any atom is 0.185 e. The van der Waals surface area contributed by atoms with Gasteiger partial charge in [-0.15, -0.1) is 0 Å². The van der Waals surface area contributed by atoms with Gasteiger partial charge >= 0.3 is 0 Å². The van der Waals surface area contributed by atoms with E-state index in [9.17, 15) is 0 Å². The predicted molar refractivity (Wildman–Crippen MR) is 72.8 cm³/mol. The molecule has 0 aliphatic heterocycles. The third kappa shape index (κ3) is 2.81. The molecular formula is C15H14N2O3. The van der Waals surface area contributed by atoms with Crippen molar-refractivity contribution in [1.29, 1.82) is 5.26 Å². The Bertz CT molecular complexity index is 635. The second-order valence-corrected chi connectivity index (χ2v) is 3.89. The summed E-state index contributed by atoms with van der Waals surface area (Å²) < 4.78 is 16.1. The van der Waals surface area contributed by atoms with Crippen molar-refractivity contribution in [3.05, 3.63) is 47.8 Å². The molecule has 2 aromatic rings. The summed E-state index contributed by atoms with van der Waals surface area (Å²) >= 11 is 0. The summed E-state index contributed by atoms with van der Waals surface area (Å²) in [6.45, 7) is 0.194. The van der Waals surface area contributed by atoms with E-state index in [0.717, 1.165) is 0 Å². The Labute approximate surface area is 117 Å². The summed E-state index contributed by atoms with van der Waals surface area (Å²) in [4.78, 5) is 4.22. The van der Waals surface area contributed by atoms with Crippen molar-refractivity contribution >= 4 is 0 Å². The summed E-state index contributed by atoms with van der Waals surface area (Å²) in [5.74, 6) is 1.64. The van der Waals surface area contributed by atoms with Crippen LogP contribution in [0, 0.1) is 11.3 Å². The van der Waals surface area contributed by atoms with Crippen LogP contribution in [0.2, 0.25) is 0 Å². The van der Waals surface area contributed by atoms with E-state index in [0.29, 0.717) is 28.5 Å². The predicted octanol–water partition coefficient (Wildman–Crippen LogP) is 2.55. The molecule has 102 valence electrons. The van der Waals surface area contributed by atoms with Gasteiger partial charge in [-0.3, -0.25) is 4.98 Å². The summed E-state index contributed by atoms with van der Waals surface area (Å²) in [6, 6.07) is 10.8. The lowest BCUT2D eigenvalue weighted by molar-refractivity contribution is 0.284. The van der Waals surface area contributed by atoms with Crippen molar-refractivity contribution in [1.82, 2.24) is 4.98 Å². The molecule has 20 heavy (non-hydrogen) atoms. The van der Waals surface area contributed by atoms with Gasteiger partial charge in [-0.05, 0) is 12.1 Å². The van der Waals surface area contributed by atoms with Gasteiger partial charge in [0.05, 0.1) is 19.8 Å². The molecule has 0 amide bonds. The number of hydrogen-bond donors (Lipinski definition) is 0. The molecule has 0 atom stereocenters. The molecule has 0 bridgehead atoms. The van der Waals surface area contributed by atoms with Crippen LogP contribution >= 0.6 is 0 Å². The average molecular weight is 270 g/mol. The van der Waals surface area contributed by atoms with Crippen molar-refractivity contribution in [2.75, 3.05) is 14.2 Å². The van der Waals surface area contributed by atoms with Gasteiger partial charge in [-0.2, -0.15) is 5.26 Å². The van der Waals surface area contributed by atoms with Crippen LogP contribution < -0.4 is 14.2 Å². The molecule has 1 aromatic heterocycles. The third-order valence-electron chi connectivity index (χ3n) is 2.74. The molecule has 0 radical (unpaired) electrons. The highest BCUT2D eigenvalue weighted by atomic mass is 16.5. The van der Waals surface area contributed by atoms with E-state index in [4.69, 9.17) is 19.5 Å². The first-order valence-electron chi connectivity index (χ1n) is 5.98. The molecule has 0 aliphatic rings. The van der Waals surface area contributed by atoms with E-state index in [1.165, 1.54) is 0 Å². The first kappa shape index (κ1) is 13.7. The maximum absolute atomic E-state index is 9.01. The summed E-state index contributed by atoms with van der Waals surface area (Å²) in [6.07, 6.45) is 1.62. The zero-order valence-corrected chi connectivity index (χ0v) is 11.3. The van der Waals surface area contributed by atoms with Gasteiger partial charge in [-0.25, -0.2) is 0 Å². The number of para-hydroxylation sites is 1. The Morgan fingerprint density at radius 1 is 1.10 bits per heavy atom. The second-order valence-electron chi connectivity index (χ2n) is 3.89. The van der Waals surface area contributed by atoms with Crippen molar-refractivity contribution in [3.8, 4) is 23.3 Å². The molecular weight excluding hydrogens is 256 g/mol. The molecule has 2 rings (SSSR count). The highest BCUT2D eigenvalue weighted by Crippen LogP contribution is 2.30. The standard InChI is InChI=1S/C15H14N2O3/c1-18-14-7-8-17-12(15(14)19-2)10-20-13-6-4-3-5-11(13)9-16/h3-8H,10H2,1-2H3. The van der Waals surface area contributed by atoms with E-state index in [1.807, 2.05) is 6.07 Å². The largest absolute Gasteiger partial charge is 0.493 e. The van der Waals surface area contributed by atoms with Gasteiger partial charge in [0, 0.05) is 12.3 Å². The number of benzene rings is 1. The Morgan fingerprint density at radius 2 is 1.90 bits per heavy atom. The van der Waals surface area contributed by atoms with Crippen LogP contribution in [0.25, 0.3) is 0 Å². The van der Waals surface area contributed by atoms with Crippen LogP contribution in [0.4, 0.5) is 0 Å². The molecule has 0 spiro atoms. The molecule has 5 heteroatoms. The van der Waals surface area contributed by atoms with Gasteiger partial charge in [0.1, 0.15) is 24.1 Å². The van der Waals surface area contributed by atoms with Crippen LogP contribution in [-0.2, 0) is 6.61 Å². The molecule has 0 aliphatic carbocycles. The van der Waals surface area contributed by atoms with Crippen LogP contribution in [0.3, 0.4) is 0 Å². The van der Waals surface area contributed by atoms with Crippen LogP contribution in [-0.4, -0.2) is 19.2 Å². The second kappa shape index (κ2) is 6.43. The van der Waals surface area contributed by atoms with Crippen LogP contribution in [0.1, 0.15) is 11.3 Å². The topological polar surface area (TPSA) is 64.4 Å². The number of nitriles is 1. The molecule has 0 fully saturated rings. The lowest BCUT2D eigenvalue weighted by Crippen LogP contribution is -2.03. The third-order valence-corrected chi connectivity index (χ3v) is 2.74. The zero-order chi connectivity index (χ0) is 14.4. The minimum Gasteiger partial charge on any atom is -0.493 e. The fourth-order valence-electron chi connectivity index (χ4n) is 1.78. The quantitative estimate of drug-likeness (QED) is 0.835. The average Bonchev–Trinajstić information content (AvgIpc) is 2.52. The minimum absolute atomic E-state index is 0.194. The van der Waals surface area contributed by atoms with E-state index in [-0.39, 0.29) is 6.61 Å². The van der Waals surface area contributed by atoms with Crippen molar-refractivity contribution in [2.24, 2.45) is 0 Å². The van der Waals surface area contributed by atoms with Gasteiger partial charge in [0.25, 0.3) is 0 Å². The number of pyridine rings is 1.